The van der Waals surface area contributed by atoms with Gasteiger partial charge in [-0.2, -0.15) is 0 Å². The molecule has 0 bridgehead atoms. The van der Waals surface area contributed by atoms with Gasteiger partial charge >= 0.3 is 0 Å². The van der Waals surface area contributed by atoms with Crippen LogP contribution in [0.1, 0.15) is 39.0 Å². The van der Waals surface area contributed by atoms with Crippen molar-refractivity contribution in [1.82, 2.24) is 20.2 Å². The summed E-state index contributed by atoms with van der Waals surface area (Å²) >= 11 is 0. The van der Waals surface area contributed by atoms with E-state index in [4.69, 9.17) is 0 Å². The van der Waals surface area contributed by atoms with Crippen molar-refractivity contribution < 1.29 is 0 Å². The highest BCUT2D eigenvalue weighted by molar-refractivity contribution is 5.50. The molecule has 0 saturated carbocycles. The van der Waals surface area contributed by atoms with E-state index < -0.39 is 0 Å². The Morgan fingerprint density at radius 1 is 1.16 bits per heavy atom. The first kappa shape index (κ1) is 13.5. The number of benzene rings is 1. The summed E-state index contributed by atoms with van der Waals surface area (Å²) in [6, 6.07) is 8.13. The van der Waals surface area contributed by atoms with Gasteiger partial charge < -0.3 is 5.32 Å². The molecule has 2 rings (SSSR count). The zero-order valence-electron chi connectivity index (χ0n) is 11.4. The Balaban J connectivity index is 1.79. The number of nitrogens with zero attached hydrogens (tertiary/aromatic N) is 4. The predicted octanol–water partition coefficient (Wildman–Crippen LogP) is 3.04. The Bertz CT molecular complexity index is 466. The molecule has 0 aliphatic heterocycles. The lowest BCUT2D eigenvalue weighted by Crippen LogP contribution is -2.02. The maximum absolute atomic E-state index is 3.89. The minimum atomic E-state index is 0.973. The summed E-state index contributed by atoms with van der Waals surface area (Å²) in [4.78, 5) is 0. The summed E-state index contributed by atoms with van der Waals surface area (Å²) in [6.45, 7) is 3.26. The van der Waals surface area contributed by atoms with Gasteiger partial charge in [0.2, 0.25) is 0 Å². The molecule has 2 aromatic rings. The summed E-state index contributed by atoms with van der Waals surface area (Å²) in [5.41, 5.74) is 2.09. The molecule has 0 spiro atoms. The summed E-state index contributed by atoms with van der Waals surface area (Å²) in [5.74, 6) is 0. The van der Waals surface area contributed by atoms with Gasteiger partial charge in [-0.15, -0.1) is 5.10 Å². The second-order valence-corrected chi connectivity index (χ2v) is 4.65. The first-order valence-corrected chi connectivity index (χ1v) is 6.97. The van der Waals surface area contributed by atoms with Crippen LogP contribution < -0.4 is 5.32 Å². The van der Waals surface area contributed by atoms with E-state index >= 15 is 0 Å². The molecule has 0 saturated heterocycles. The lowest BCUT2D eigenvalue weighted by Gasteiger charge is -2.07. The Kier molecular flexibility index (Phi) is 5.34. The topological polar surface area (TPSA) is 55.6 Å². The van der Waals surface area contributed by atoms with Crippen molar-refractivity contribution in [3.8, 4) is 5.69 Å². The fourth-order valence-corrected chi connectivity index (χ4v) is 2.00. The maximum atomic E-state index is 3.89. The Morgan fingerprint density at radius 3 is 2.84 bits per heavy atom. The smallest absolute Gasteiger partial charge is 0.143 e. The summed E-state index contributed by atoms with van der Waals surface area (Å²) in [7, 11) is 0. The van der Waals surface area contributed by atoms with E-state index in [-0.39, 0.29) is 0 Å². The van der Waals surface area contributed by atoms with Crippen molar-refractivity contribution in [3.05, 3.63) is 30.6 Å². The van der Waals surface area contributed by atoms with Gasteiger partial charge in [0, 0.05) is 12.2 Å². The molecule has 1 heterocycles. The number of aromatic nitrogens is 4. The molecule has 19 heavy (non-hydrogen) atoms. The third-order valence-corrected chi connectivity index (χ3v) is 3.07. The zero-order chi connectivity index (χ0) is 13.3. The van der Waals surface area contributed by atoms with Crippen LogP contribution in [0.25, 0.3) is 5.69 Å². The highest BCUT2D eigenvalue weighted by atomic mass is 15.5. The van der Waals surface area contributed by atoms with Crippen LogP contribution in [0.15, 0.2) is 30.6 Å². The van der Waals surface area contributed by atoms with Gasteiger partial charge in [-0.3, -0.25) is 0 Å². The molecule has 0 amide bonds. The molecule has 0 radical (unpaired) electrons. The molecular weight excluding hydrogens is 238 g/mol. The van der Waals surface area contributed by atoms with E-state index in [2.05, 4.69) is 39.9 Å². The molecule has 0 aliphatic rings. The molecule has 0 aliphatic carbocycles. The maximum Gasteiger partial charge on any atom is 0.143 e. The third-order valence-electron chi connectivity index (χ3n) is 3.07. The molecule has 0 atom stereocenters. The molecule has 5 nitrogen and oxygen atoms in total. The Morgan fingerprint density at radius 2 is 2.05 bits per heavy atom. The highest BCUT2D eigenvalue weighted by Gasteiger charge is 1.99. The van der Waals surface area contributed by atoms with E-state index in [1.807, 2.05) is 12.1 Å². The second-order valence-electron chi connectivity index (χ2n) is 4.65. The standard InChI is InChI=1S/C14H21N5/c1-2-3-4-5-6-10-15-13-8-7-9-14(11-13)19-12-16-17-18-19/h7-9,11-12,15H,2-6,10H2,1H3. The Hall–Kier alpha value is -1.91. The predicted molar refractivity (Wildman–Crippen MR) is 76.4 cm³/mol. The molecule has 102 valence electrons. The van der Waals surface area contributed by atoms with E-state index in [1.54, 1.807) is 11.0 Å². The number of nitrogens with one attached hydrogen (secondary N) is 1. The molecular formula is C14H21N5. The quantitative estimate of drug-likeness (QED) is 0.740. The number of hydrogen-bond acceptors (Lipinski definition) is 4. The first-order valence-electron chi connectivity index (χ1n) is 6.97. The third kappa shape index (κ3) is 4.35. The van der Waals surface area contributed by atoms with Crippen LogP contribution in [0.3, 0.4) is 0 Å². The molecule has 1 N–H and O–H groups in total. The van der Waals surface area contributed by atoms with Gasteiger partial charge in [-0.25, -0.2) is 4.68 Å². The van der Waals surface area contributed by atoms with E-state index in [1.165, 1.54) is 32.1 Å². The average molecular weight is 259 g/mol. The van der Waals surface area contributed by atoms with Gasteiger partial charge in [0.05, 0.1) is 5.69 Å². The number of hydrogen-bond donors (Lipinski definition) is 1. The van der Waals surface area contributed by atoms with Crippen LogP contribution in [-0.4, -0.2) is 26.8 Å². The van der Waals surface area contributed by atoms with Crippen molar-refractivity contribution in [2.45, 2.75) is 39.0 Å². The molecule has 5 heteroatoms. The highest BCUT2D eigenvalue weighted by Crippen LogP contribution is 2.13. The number of tetrazole rings is 1. The van der Waals surface area contributed by atoms with Crippen molar-refractivity contribution in [2.75, 3.05) is 11.9 Å². The Labute approximate surface area is 114 Å². The van der Waals surface area contributed by atoms with Crippen molar-refractivity contribution in [3.63, 3.8) is 0 Å². The molecule has 1 aromatic carbocycles. The fourth-order valence-electron chi connectivity index (χ4n) is 2.00. The second kappa shape index (κ2) is 7.51. The summed E-state index contributed by atoms with van der Waals surface area (Å²) in [5, 5.41) is 14.6. The van der Waals surface area contributed by atoms with Gasteiger partial charge in [0.25, 0.3) is 0 Å². The minimum Gasteiger partial charge on any atom is -0.385 e. The number of anilines is 1. The van der Waals surface area contributed by atoms with Gasteiger partial charge in [-0.1, -0.05) is 38.7 Å². The largest absolute Gasteiger partial charge is 0.385 e. The van der Waals surface area contributed by atoms with E-state index in [0.717, 1.165) is 17.9 Å². The van der Waals surface area contributed by atoms with Gasteiger partial charge in [0.15, 0.2) is 0 Å². The average Bonchev–Trinajstić information content (AvgIpc) is 2.97. The lowest BCUT2D eigenvalue weighted by atomic mass is 10.1. The van der Waals surface area contributed by atoms with Crippen molar-refractivity contribution >= 4 is 5.69 Å². The summed E-state index contributed by atoms with van der Waals surface area (Å²) in [6.07, 6.45) is 8.09. The van der Waals surface area contributed by atoms with Crippen LogP contribution in [0.5, 0.6) is 0 Å². The van der Waals surface area contributed by atoms with Crippen LogP contribution in [0, 0.1) is 0 Å². The first-order chi connectivity index (χ1) is 9.40. The SMILES string of the molecule is CCCCCCCNc1cccc(-n2cnnn2)c1. The molecule has 0 fully saturated rings. The van der Waals surface area contributed by atoms with E-state index in [0.29, 0.717) is 0 Å². The number of unbranched alkanes of at least 4 members (excludes halogenated alkanes) is 4. The van der Waals surface area contributed by atoms with Crippen LogP contribution in [0.4, 0.5) is 5.69 Å². The molecule has 0 unspecified atom stereocenters. The normalized spacial score (nSPS) is 10.6. The van der Waals surface area contributed by atoms with Gasteiger partial charge in [0.1, 0.15) is 6.33 Å². The van der Waals surface area contributed by atoms with Crippen molar-refractivity contribution in [1.29, 1.82) is 0 Å². The minimum absolute atomic E-state index is 0.973. The zero-order valence-corrected chi connectivity index (χ0v) is 11.4. The van der Waals surface area contributed by atoms with Crippen LogP contribution in [-0.2, 0) is 0 Å². The van der Waals surface area contributed by atoms with Crippen LogP contribution >= 0.6 is 0 Å². The van der Waals surface area contributed by atoms with Crippen molar-refractivity contribution in [2.24, 2.45) is 0 Å². The lowest BCUT2D eigenvalue weighted by molar-refractivity contribution is 0.645. The van der Waals surface area contributed by atoms with Gasteiger partial charge in [-0.05, 0) is 35.0 Å². The molecule has 1 aromatic heterocycles. The summed E-state index contributed by atoms with van der Waals surface area (Å²) < 4.78 is 1.66. The number of rotatable bonds is 8. The monoisotopic (exact) mass is 259 g/mol. The fraction of sp³-hybridized carbons (Fsp3) is 0.500. The van der Waals surface area contributed by atoms with E-state index in [9.17, 15) is 0 Å². The van der Waals surface area contributed by atoms with Crippen LogP contribution in [0.2, 0.25) is 0 Å².